The van der Waals surface area contributed by atoms with Crippen molar-refractivity contribution in [3.05, 3.63) is 24.3 Å². The van der Waals surface area contributed by atoms with Gasteiger partial charge in [-0.2, -0.15) is 8.78 Å². The number of hydrogen-bond acceptors (Lipinski definition) is 3. The van der Waals surface area contributed by atoms with Gasteiger partial charge in [0.05, 0.1) is 5.60 Å². The number of alkyl halides is 2. The van der Waals surface area contributed by atoms with Gasteiger partial charge in [0.15, 0.2) is 0 Å². The van der Waals surface area contributed by atoms with Crippen molar-refractivity contribution in [1.82, 2.24) is 0 Å². The average Bonchev–Trinajstić information content (AvgIpc) is 2.38. The molecule has 20 heavy (non-hydrogen) atoms. The van der Waals surface area contributed by atoms with Crippen LogP contribution in [0.2, 0.25) is 0 Å². The zero-order chi connectivity index (χ0) is 14.6. The maximum absolute atomic E-state index is 12.2. The molecule has 3 nitrogen and oxygen atoms in total. The van der Waals surface area contributed by atoms with E-state index in [2.05, 4.69) is 23.9 Å². The zero-order valence-corrected chi connectivity index (χ0v) is 11.9. The van der Waals surface area contributed by atoms with Crippen LogP contribution in [0, 0.1) is 0 Å². The van der Waals surface area contributed by atoms with Crippen LogP contribution in [0.5, 0.6) is 5.75 Å². The zero-order valence-electron chi connectivity index (χ0n) is 11.9. The van der Waals surface area contributed by atoms with Crippen LogP contribution in [-0.2, 0) is 4.74 Å². The molecule has 1 aliphatic rings. The van der Waals surface area contributed by atoms with Crippen LogP contribution in [0.4, 0.5) is 14.5 Å². The van der Waals surface area contributed by atoms with Gasteiger partial charge in [0.1, 0.15) is 5.75 Å². The highest BCUT2D eigenvalue weighted by Gasteiger charge is 2.31. The minimum atomic E-state index is -2.79. The summed E-state index contributed by atoms with van der Waals surface area (Å²) >= 11 is 0. The minimum absolute atomic E-state index is 0.104. The van der Waals surface area contributed by atoms with Crippen molar-refractivity contribution < 1.29 is 18.3 Å². The molecule has 0 radical (unpaired) electrons. The molecule has 0 amide bonds. The molecular weight excluding hydrogens is 264 g/mol. The fourth-order valence-corrected chi connectivity index (χ4v) is 2.50. The third-order valence-electron chi connectivity index (χ3n) is 3.77. The van der Waals surface area contributed by atoms with Crippen molar-refractivity contribution in [2.75, 3.05) is 11.9 Å². The largest absolute Gasteiger partial charge is 0.435 e. The van der Waals surface area contributed by atoms with E-state index in [0.717, 1.165) is 31.6 Å². The summed E-state index contributed by atoms with van der Waals surface area (Å²) in [4.78, 5) is 0. The van der Waals surface area contributed by atoms with Gasteiger partial charge in [0.2, 0.25) is 0 Å². The van der Waals surface area contributed by atoms with Crippen LogP contribution in [0.15, 0.2) is 24.3 Å². The van der Waals surface area contributed by atoms with E-state index in [-0.39, 0.29) is 17.4 Å². The molecule has 1 heterocycles. The summed E-state index contributed by atoms with van der Waals surface area (Å²) in [5.74, 6) is 0.176. The molecule has 2 unspecified atom stereocenters. The van der Waals surface area contributed by atoms with Crippen molar-refractivity contribution in [3.8, 4) is 5.75 Å². The topological polar surface area (TPSA) is 30.5 Å². The summed E-state index contributed by atoms with van der Waals surface area (Å²) in [6, 6.07) is 6.98. The van der Waals surface area contributed by atoms with E-state index >= 15 is 0 Å². The lowest BCUT2D eigenvalue weighted by atomic mass is 9.90. The number of benzene rings is 1. The summed E-state index contributed by atoms with van der Waals surface area (Å²) in [6.07, 6.45) is 2.78. The van der Waals surface area contributed by atoms with Crippen molar-refractivity contribution in [3.63, 3.8) is 0 Å². The smallest absolute Gasteiger partial charge is 0.387 e. The summed E-state index contributed by atoms with van der Waals surface area (Å²) in [6.45, 7) is 2.14. The van der Waals surface area contributed by atoms with Crippen LogP contribution in [0.25, 0.3) is 0 Å². The van der Waals surface area contributed by atoms with Crippen molar-refractivity contribution in [2.45, 2.75) is 51.4 Å². The summed E-state index contributed by atoms with van der Waals surface area (Å²) < 4.78 is 34.6. The lowest BCUT2D eigenvalue weighted by Gasteiger charge is -2.38. The minimum Gasteiger partial charge on any atom is -0.435 e. The molecular formula is C15H21F2NO2. The first-order chi connectivity index (χ1) is 9.50. The molecule has 2 atom stereocenters. The first kappa shape index (κ1) is 15.0. The first-order valence-corrected chi connectivity index (χ1v) is 6.96. The Bertz CT molecular complexity index is 442. The summed E-state index contributed by atoms with van der Waals surface area (Å²) in [7, 11) is 0. The normalized spacial score (nSPS) is 26.6. The van der Waals surface area contributed by atoms with E-state index in [4.69, 9.17) is 4.74 Å². The molecule has 0 saturated carbocycles. The van der Waals surface area contributed by atoms with Gasteiger partial charge in [-0.25, -0.2) is 0 Å². The number of hydrogen-bond donors (Lipinski definition) is 1. The Hall–Kier alpha value is -1.36. The van der Waals surface area contributed by atoms with Gasteiger partial charge in [0, 0.05) is 24.4 Å². The van der Waals surface area contributed by atoms with Gasteiger partial charge in [0.25, 0.3) is 0 Å². The van der Waals surface area contributed by atoms with Crippen LogP contribution in [0.3, 0.4) is 0 Å². The van der Waals surface area contributed by atoms with E-state index in [9.17, 15) is 8.78 Å². The molecule has 0 bridgehead atoms. The molecule has 0 spiro atoms. The molecule has 0 aromatic heterocycles. The average molecular weight is 285 g/mol. The fraction of sp³-hybridized carbons (Fsp3) is 0.600. The first-order valence-electron chi connectivity index (χ1n) is 6.96. The third kappa shape index (κ3) is 4.07. The Kier molecular flexibility index (Phi) is 4.81. The molecule has 1 aromatic carbocycles. The van der Waals surface area contributed by atoms with Gasteiger partial charge in [-0.1, -0.05) is 13.0 Å². The maximum atomic E-state index is 12.2. The highest BCUT2D eigenvalue weighted by molar-refractivity contribution is 5.49. The maximum Gasteiger partial charge on any atom is 0.387 e. The van der Waals surface area contributed by atoms with Crippen LogP contribution >= 0.6 is 0 Å². The SMILES string of the molecule is CCC1(C)CC(Nc2cccc(OC(F)F)c2)CCO1. The van der Waals surface area contributed by atoms with E-state index in [1.807, 2.05) is 6.07 Å². The standard InChI is InChI=1S/C15H21F2NO2/c1-3-15(2)10-12(7-8-19-15)18-11-5-4-6-13(9-11)20-14(16)17/h4-6,9,12,14,18H,3,7-8,10H2,1-2H3. The van der Waals surface area contributed by atoms with Crippen LogP contribution in [0.1, 0.15) is 33.1 Å². The van der Waals surface area contributed by atoms with E-state index < -0.39 is 6.61 Å². The molecule has 1 aliphatic heterocycles. The summed E-state index contributed by atoms with van der Waals surface area (Å²) in [5.41, 5.74) is 0.695. The molecule has 1 saturated heterocycles. The van der Waals surface area contributed by atoms with E-state index in [0.29, 0.717) is 0 Å². The van der Waals surface area contributed by atoms with Crippen molar-refractivity contribution in [2.24, 2.45) is 0 Å². The Morgan fingerprint density at radius 2 is 2.30 bits per heavy atom. The van der Waals surface area contributed by atoms with Crippen LogP contribution < -0.4 is 10.1 Å². The van der Waals surface area contributed by atoms with Crippen molar-refractivity contribution in [1.29, 1.82) is 0 Å². The molecule has 1 N–H and O–H groups in total. The van der Waals surface area contributed by atoms with Crippen LogP contribution in [-0.4, -0.2) is 24.9 Å². The lowest BCUT2D eigenvalue weighted by Crippen LogP contribution is -2.41. The second-order valence-electron chi connectivity index (χ2n) is 5.39. The Morgan fingerprint density at radius 3 is 3.00 bits per heavy atom. The number of ether oxygens (including phenoxy) is 2. The Balaban J connectivity index is 1.99. The second kappa shape index (κ2) is 6.39. The van der Waals surface area contributed by atoms with Crippen molar-refractivity contribution >= 4 is 5.69 Å². The molecule has 2 rings (SSSR count). The molecule has 1 fully saturated rings. The predicted molar refractivity (Wildman–Crippen MR) is 74.4 cm³/mol. The highest BCUT2D eigenvalue weighted by atomic mass is 19.3. The highest BCUT2D eigenvalue weighted by Crippen LogP contribution is 2.30. The quantitative estimate of drug-likeness (QED) is 0.885. The van der Waals surface area contributed by atoms with E-state index in [1.165, 1.54) is 6.07 Å². The molecule has 0 aliphatic carbocycles. The lowest BCUT2D eigenvalue weighted by molar-refractivity contribution is -0.0708. The monoisotopic (exact) mass is 285 g/mol. The Labute approximate surface area is 118 Å². The number of nitrogens with one attached hydrogen (secondary N) is 1. The summed E-state index contributed by atoms with van der Waals surface area (Å²) in [5, 5.41) is 3.38. The number of rotatable bonds is 5. The molecule has 1 aromatic rings. The Morgan fingerprint density at radius 1 is 1.50 bits per heavy atom. The second-order valence-corrected chi connectivity index (χ2v) is 5.39. The third-order valence-corrected chi connectivity index (χ3v) is 3.77. The molecule has 5 heteroatoms. The van der Waals surface area contributed by atoms with Gasteiger partial charge in [-0.15, -0.1) is 0 Å². The fourth-order valence-electron chi connectivity index (χ4n) is 2.50. The van der Waals surface area contributed by atoms with Gasteiger partial charge in [-0.3, -0.25) is 0 Å². The molecule has 112 valence electrons. The van der Waals surface area contributed by atoms with Gasteiger partial charge in [-0.05, 0) is 38.3 Å². The van der Waals surface area contributed by atoms with Gasteiger partial charge < -0.3 is 14.8 Å². The number of anilines is 1. The number of halogens is 2. The van der Waals surface area contributed by atoms with E-state index in [1.54, 1.807) is 12.1 Å². The van der Waals surface area contributed by atoms with Gasteiger partial charge >= 0.3 is 6.61 Å². The predicted octanol–water partition coefficient (Wildman–Crippen LogP) is 4.05.